The van der Waals surface area contributed by atoms with Crippen LogP contribution < -0.4 is 14.8 Å². The van der Waals surface area contributed by atoms with E-state index in [2.05, 4.69) is 15.3 Å². The van der Waals surface area contributed by atoms with Gasteiger partial charge < -0.3 is 19.8 Å². The number of aromatic nitrogens is 2. The van der Waals surface area contributed by atoms with E-state index in [4.69, 9.17) is 9.47 Å². The van der Waals surface area contributed by atoms with Crippen molar-refractivity contribution in [3.8, 4) is 22.8 Å². The first kappa shape index (κ1) is 12.3. The van der Waals surface area contributed by atoms with Gasteiger partial charge in [0.25, 0.3) is 0 Å². The lowest BCUT2D eigenvalue weighted by Gasteiger charge is -2.13. The van der Waals surface area contributed by atoms with Gasteiger partial charge in [-0.1, -0.05) is 0 Å². The summed E-state index contributed by atoms with van der Waals surface area (Å²) in [6, 6.07) is 3.88. The molecule has 0 saturated heterocycles. The van der Waals surface area contributed by atoms with Crippen LogP contribution in [0, 0.1) is 6.92 Å². The van der Waals surface area contributed by atoms with Crippen molar-refractivity contribution in [1.82, 2.24) is 9.97 Å². The molecule has 5 nitrogen and oxygen atoms in total. The van der Waals surface area contributed by atoms with Crippen LogP contribution in [0.15, 0.2) is 18.3 Å². The summed E-state index contributed by atoms with van der Waals surface area (Å²) in [5.41, 5.74) is 2.84. The van der Waals surface area contributed by atoms with Crippen molar-refractivity contribution in [3.05, 3.63) is 23.9 Å². The number of benzene rings is 1. The van der Waals surface area contributed by atoms with E-state index in [9.17, 15) is 0 Å². The van der Waals surface area contributed by atoms with Crippen molar-refractivity contribution in [2.75, 3.05) is 26.6 Å². The van der Waals surface area contributed by atoms with Crippen molar-refractivity contribution in [2.24, 2.45) is 0 Å². The Hall–Kier alpha value is -2.17. The minimum Gasteiger partial charge on any atom is -0.496 e. The Labute approximate surface area is 106 Å². The fourth-order valence-corrected chi connectivity index (χ4v) is 1.96. The molecule has 0 spiro atoms. The Morgan fingerprint density at radius 1 is 1.22 bits per heavy atom. The monoisotopic (exact) mass is 247 g/mol. The highest BCUT2D eigenvalue weighted by Crippen LogP contribution is 2.37. The predicted octanol–water partition coefficient (Wildman–Crippen LogP) is 2.44. The third kappa shape index (κ3) is 1.99. The highest BCUT2D eigenvalue weighted by molar-refractivity contribution is 5.71. The van der Waals surface area contributed by atoms with E-state index in [1.807, 2.05) is 26.1 Å². The van der Waals surface area contributed by atoms with E-state index < -0.39 is 0 Å². The summed E-state index contributed by atoms with van der Waals surface area (Å²) in [5, 5.41) is 2.96. The SMILES string of the molecule is CNc1ncc(-c2ccc(OC)c(C)c2OC)[nH]1. The molecule has 0 amide bonds. The van der Waals surface area contributed by atoms with E-state index >= 15 is 0 Å². The number of ether oxygens (including phenoxy) is 2. The molecule has 2 rings (SSSR count). The molecule has 0 saturated carbocycles. The summed E-state index contributed by atoms with van der Waals surface area (Å²) in [5.74, 6) is 2.32. The lowest BCUT2D eigenvalue weighted by Crippen LogP contribution is -1.95. The number of rotatable bonds is 4. The fraction of sp³-hybridized carbons (Fsp3) is 0.308. The molecule has 0 fully saturated rings. The molecule has 0 aliphatic rings. The Kier molecular flexibility index (Phi) is 3.41. The second kappa shape index (κ2) is 5.00. The first-order valence-corrected chi connectivity index (χ1v) is 5.66. The van der Waals surface area contributed by atoms with Gasteiger partial charge in [-0.25, -0.2) is 4.98 Å². The molecule has 96 valence electrons. The highest BCUT2D eigenvalue weighted by atomic mass is 16.5. The molecule has 18 heavy (non-hydrogen) atoms. The largest absolute Gasteiger partial charge is 0.496 e. The molecule has 1 aromatic heterocycles. The molecule has 0 aliphatic heterocycles. The van der Waals surface area contributed by atoms with Crippen LogP contribution in [0.1, 0.15) is 5.56 Å². The third-order valence-electron chi connectivity index (χ3n) is 2.88. The average Bonchev–Trinajstić information content (AvgIpc) is 2.87. The van der Waals surface area contributed by atoms with Crippen LogP contribution in [0.2, 0.25) is 0 Å². The predicted molar refractivity (Wildman–Crippen MR) is 71.4 cm³/mol. The van der Waals surface area contributed by atoms with Gasteiger partial charge in [-0.05, 0) is 19.1 Å². The summed E-state index contributed by atoms with van der Waals surface area (Å²) in [6.45, 7) is 1.97. The number of methoxy groups -OCH3 is 2. The van der Waals surface area contributed by atoms with Gasteiger partial charge in [0.2, 0.25) is 0 Å². The first-order chi connectivity index (χ1) is 8.71. The number of imidazole rings is 1. The maximum absolute atomic E-state index is 5.47. The molecular weight excluding hydrogens is 230 g/mol. The lowest BCUT2D eigenvalue weighted by atomic mass is 10.1. The Balaban J connectivity index is 2.53. The lowest BCUT2D eigenvalue weighted by molar-refractivity contribution is 0.390. The molecule has 0 bridgehead atoms. The number of nitrogens with one attached hydrogen (secondary N) is 2. The number of anilines is 1. The maximum Gasteiger partial charge on any atom is 0.200 e. The van der Waals surface area contributed by atoms with E-state index in [1.165, 1.54) is 0 Å². The second-order valence-corrected chi connectivity index (χ2v) is 3.87. The van der Waals surface area contributed by atoms with E-state index in [0.29, 0.717) is 0 Å². The van der Waals surface area contributed by atoms with Crippen molar-refractivity contribution >= 4 is 5.95 Å². The smallest absolute Gasteiger partial charge is 0.200 e. The summed E-state index contributed by atoms with van der Waals surface area (Å²) >= 11 is 0. The molecule has 0 aliphatic carbocycles. The van der Waals surface area contributed by atoms with Crippen molar-refractivity contribution in [1.29, 1.82) is 0 Å². The molecular formula is C13H17N3O2. The van der Waals surface area contributed by atoms with Gasteiger partial charge in [0.1, 0.15) is 11.5 Å². The Morgan fingerprint density at radius 2 is 2.00 bits per heavy atom. The van der Waals surface area contributed by atoms with Gasteiger partial charge in [0, 0.05) is 18.2 Å². The normalized spacial score (nSPS) is 10.2. The van der Waals surface area contributed by atoms with Gasteiger partial charge in [0.15, 0.2) is 5.95 Å². The van der Waals surface area contributed by atoms with E-state index in [0.717, 1.165) is 34.3 Å². The maximum atomic E-state index is 5.47. The molecule has 1 aromatic carbocycles. The van der Waals surface area contributed by atoms with Crippen LogP contribution in [-0.2, 0) is 0 Å². The molecule has 2 N–H and O–H groups in total. The highest BCUT2D eigenvalue weighted by Gasteiger charge is 2.14. The third-order valence-corrected chi connectivity index (χ3v) is 2.88. The van der Waals surface area contributed by atoms with Gasteiger partial charge >= 0.3 is 0 Å². The van der Waals surface area contributed by atoms with Crippen LogP contribution in [0.3, 0.4) is 0 Å². The number of H-pyrrole nitrogens is 1. The summed E-state index contributed by atoms with van der Waals surface area (Å²) in [4.78, 5) is 7.38. The van der Waals surface area contributed by atoms with Gasteiger partial charge in [-0.15, -0.1) is 0 Å². The van der Waals surface area contributed by atoms with E-state index in [-0.39, 0.29) is 0 Å². The molecule has 5 heteroatoms. The Bertz CT molecular complexity index is 549. The van der Waals surface area contributed by atoms with Crippen LogP contribution >= 0.6 is 0 Å². The number of hydrogen-bond acceptors (Lipinski definition) is 4. The zero-order valence-electron chi connectivity index (χ0n) is 11.0. The summed E-state index contributed by atoms with van der Waals surface area (Å²) < 4.78 is 10.8. The van der Waals surface area contributed by atoms with Crippen LogP contribution in [0.25, 0.3) is 11.3 Å². The minimum atomic E-state index is 0.723. The molecule has 2 aromatic rings. The average molecular weight is 247 g/mol. The van der Waals surface area contributed by atoms with Gasteiger partial charge in [-0.3, -0.25) is 0 Å². The Morgan fingerprint density at radius 3 is 2.56 bits per heavy atom. The molecule has 0 atom stereocenters. The van der Waals surface area contributed by atoms with Gasteiger partial charge in [0.05, 0.1) is 26.1 Å². The second-order valence-electron chi connectivity index (χ2n) is 3.87. The van der Waals surface area contributed by atoms with Crippen molar-refractivity contribution < 1.29 is 9.47 Å². The fourth-order valence-electron chi connectivity index (χ4n) is 1.96. The molecule has 0 radical (unpaired) electrons. The molecule has 1 heterocycles. The van der Waals surface area contributed by atoms with Crippen LogP contribution in [-0.4, -0.2) is 31.2 Å². The zero-order valence-corrected chi connectivity index (χ0v) is 11.0. The summed E-state index contributed by atoms with van der Waals surface area (Å²) in [7, 11) is 5.12. The minimum absolute atomic E-state index is 0.723. The topological polar surface area (TPSA) is 59.2 Å². The van der Waals surface area contributed by atoms with Crippen molar-refractivity contribution in [2.45, 2.75) is 6.92 Å². The molecule has 0 unspecified atom stereocenters. The van der Waals surface area contributed by atoms with E-state index in [1.54, 1.807) is 20.4 Å². The van der Waals surface area contributed by atoms with Crippen LogP contribution in [0.4, 0.5) is 5.95 Å². The zero-order chi connectivity index (χ0) is 13.1. The number of aromatic amines is 1. The number of hydrogen-bond donors (Lipinski definition) is 2. The summed E-state index contributed by atoms with van der Waals surface area (Å²) in [6.07, 6.45) is 1.77. The number of nitrogens with zero attached hydrogens (tertiary/aromatic N) is 1. The van der Waals surface area contributed by atoms with Crippen molar-refractivity contribution in [3.63, 3.8) is 0 Å². The quantitative estimate of drug-likeness (QED) is 0.871. The first-order valence-electron chi connectivity index (χ1n) is 5.66. The standard InChI is InChI=1S/C13H17N3O2/c1-8-11(17-3)6-5-9(12(8)18-4)10-7-15-13(14-2)16-10/h5-7H,1-4H3,(H2,14,15,16). The van der Waals surface area contributed by atoms with Crippen LogP contribution in [0.5, 0.6) is 11.5 Å². The van der Waals surface area contributed by atoms with Gasteiger partial charge in [-0.2, -0.15) is 0 Å².